The molecule has 0 radical (unpaired) electrons. The Morgan fingerprint density at radius 2 is 1.47 bits per heavy atom. The van der Waals surface area contributed by atoms with Crippen LogP contribution in [0.4, 0.5) is 0 Å². The monoisotopic (exact) mass is 230 g/mol. The molecule has 0 unspecified atom stereocenters. The van der Waals surface area contributed by atoms with Gasteiger partial charge in [-0.1, -0.05) is 56.3 Å². The summed E-state index contributed by atoms with van der Waals surface area (Å²) in [5.74, 6) is 0.351. The van der Waals surface area contributed by atoms with E-state index in [1.54, 1.807) is 12.1 Å². The molecule has 2 aromatic rings. The van der Waals surface area contributed by atoms with Gasteiger partial charge in [0.1, 0.15) is 0 Å². The molecule has 0 heteroatoms. The van der Waals surface area contributed by atoms with Crippen molar-refractivity contribution >= 4 is 0 Å². The van der Waals surface area contributed by atoms with Crippen LogP contribution in [0, 0.1) is 13.7 Å². The molecule has 0 aliphatic rings. The number of benzene rings is 2. The summed E-state index contributed by atoms with van der Waals surface area (Å²) in [5.41, 5.74) is 2.18. The normalized spacial score (nSPS) is 17.6. The molecule has 0 spiro atoms. The lowest BCUT2D eigenvalue weighted by atomic mass is 9.93. The van der Waals surface area contributed by atoms with Crippen LogP contribution < -0.4 is 0 Å². The van der Waals surface area contributed by atoms with Crippen LogP contribution in [0.2, 0.25) is 0 Å². The summed E-state index contributed by atoms with van der Waals surface area (Å²) in [7, 11) is 0. The predicted molar refractivity (Wildman–Crippen MR) is 75.4 cm³/mol. The van der Waals surface area contributed by atoms with Crippen molar-refractivity contribution in [1.82, 2.24) is 0 Å². The van der Waals surface area contributed by atoms with Crippen LogP contribution in [-0.4, -0.2) is 0 Å². The van der Waals surface area contributed by atoms with E-state index >= 15 is 0 Å². The molecule has 0 saturated heterocycles. The molecule has 2 aromatic carbocycles. The Kier molecular flexibility index (Phi) is 1.79. The molecule has 88 valence electrons. The standard InChI is InChI=1S/C17H20/c1-12(2)15-8-10-16(11-9-15)17-13(3)6-5-7-14(17)4/h5-12H,1-4H3/i3D3,4D3. The van der Waals surface area contributed by atoms with Crippen LogP contribution in [-0.2, 0) is 0 Å². The fourth-order valence-electron chi connectivity index (χ4n) is 1.90. The van der Waals surface area contributed by atoms with Crippen molar-refractivity contribution in [3.8, 4) is 11.1 Å². The SMILES string of the molecule is [2H]C([2H])([2H])c1cccc(C([2H])([2H])[2H])c1-c1ccc(C(C)C)cc1. The second kappa shape index (κ2) is 4.75. The minimum Gasteiger partial charge on any atom is -0.0617 e. The third-order valence-corrected chi connectivity index (χ3v) is 2.93. The van der Waals surface area contributed by atoms with Gasteiger partial charge in [-0.15, -0.1) is 0 Å². The Balaban J connectivity index is 2.72. The highest BCUT2D eigenvalue weighted by molar-refractivity contribution is 5.70. The molecule has 0 atom stereocenters. The van der Waals surface area contributed by atoms with Crippen molar-refractivity contribution < 1.29 is 8.22 Å². The van der Waals surface area contributed by atoms with Gasteiger partial charge in [0.2, 0.25) is 0 Å². The molecule has 0 heterocycles. The van der Waals surface area contributed by atoms with Crippen molar-refractivity contribution in [1.29, 1.82) is 0 Å². The molecule has 17 heavy (non-hydrogen) atoms. The Labute approximate surface area is 113 Å². The van der Waals surface area contributed by atoms with Crippen LogP contribution >= 0.6 is 0 Å². The number of hydrogen-bond donors (Lipinski definition) is 0. The molecule has 0 aromatic heterocycles. The van der Waals surface area contributed by atoms with Crippen LogP contribution in [0.25, 0.3) is 11.1 Å². The summed E-state index contributed by atoms with van der Waals surface area (Å²) in [4.78, 5) is 0. The van der Waals surface area contributed by atoms with Gasteiger partial charge in [0.05, 0.1) is 0 Å². The van der Waals surface area contributed by atoms with E-state index < -0.39 is 13.7 Å². The quantitative estimate of drug-likeness (QED) is 0.674. The molecule has 2 rings (SSSR count). The van der Waals surface area contributed by atoms with E-state index in [1.165, 1.54) is 18.2 Å². The molecule has 0 fully saturated rings. The molecular weight excluding hydrogens is 204 g/mol. The van der Waals surface area contributed by atoms with Gasteiger partial charge < -0.3 is 0 Å². The number of aryl methyl sites for hydroxylation is 2. The molecule has 0 saturated carbocycles. The first-order valence-corrected chi connectivity index (χ1v) is 5.76. The van der Waals surface area contributed by atoms with E-state index in [2.05, 4.69) is 13.8 Å². The maximum atomic E-state index is 7.72. The third-order valence-electron chi connectivity index (χ3n) is 2.93. The van der Waals surface area contributed by atoms with Crippen molar-refractivity contribution in [3.63, 3.8) is 0 Å². The largest absolute Gasteiger partial charge is 0.0617 e. The molecule has 0 amide bonds. The average molecular weight is 230 g/mol. The summed E-state index contributed by atoms with van der Waals surface area (Å²) >= 11 is 0. The lowest BCUT2D eigenvalue weighted by Crippen LogP contribution is -1.90. The predicted octanol–water partition coefficient (Wildman–Crippen LogP) is 5.09. The Hall–Kier alpha value is -1.56. The molecule has 0 aliphatic carbocycles. The zero-order chi connectivity index (χ0) is 17.4. The minimum atomic E-state index is -2.37. The molecule has 0 bridgehead atoms. The van der Waals surface area contributed by atoms with Crippen LogP contribution in [0.5, 0.6) is 0 Å². The van der Waals surface area contributed by atoms with E-state index in [4.69, 9.17) is 8.22 Å². The van der Waals surface area contributed by atoms with Crippen molar-refractivity contribution in [2.75, 3.05) is 0 Å². The fourth-order valence-corrected chi connectivity index (χ4v) is 1.90. The van der Waals surface area contributed by atoms with E-state index in [0.717, 1.165) is 5.56 Å². The lowest BCUT2D eigenvalue weighted by molar-refractivity contribution is 0.867. The summed E-state index contributed by atoms with van der Waals surface area (Å²) in [6.07, 6.45) is 0. The van der Waals surface area contributed by atoms with Crippen molar-refractivity contribution in [2.45, 2.75) is 33.5 Å². The first-order chi connectivity index (χ1) is 10.5. The maximum Gasteiger partial charge on any atom is 0.0280 e. The molecular formula is C17H20. The third kappa shape index (κ3) is 2.41. The van der Waals surface area contributed by atoms with Gasteiger partial charge in [0.15, 0.2) is 0 Å². The number of rotatable bonds is 2. The maximum absolute atomic E-state index is 7.72. The van der Waals surface area contributed by atoms with E-state index in [1.807, 2.05) is 12.1 Å². The summed E-state index contributed by atoms with van der Waals surface area (Å²) in [5, 5.41) is 0. The van der Waals surface area contributed by atoms with Crippen molar-refractivity contribution in [2.24, 2.45) is 0 Å². The minimum absolute atomic E-state index is 0.0726. The first-order valence-electron chi connectivity index (χ1n) is 8.76. The van der Waals surface area contributed by atoms with Crippen LogP contribution in [0.1, 0.15) is 44.7 Å². The highest BCUT2D eigenvalue weighted by Gasteiger charge is 2.05. The summed E-state index contributed by atoms with van der Waals surface area (Å²) in [6.45, 7) is -0.598. The molecule has 0 aliphatic heterocycles. The molecule has 0 N–H and O–H groups in total. The highest BCUT2D eigenvalue weighted by Crippen LogP contribution is 2.28. The van der Waals surface area contributed by atoms with Gasteiger partial charge in [-0.25, -0.2) is 0 Å². The van der Waals surface area contributed by atoms with Gasteiger partial charge in [-0.2, -0.15) is 0 Å². The first kappa shape index (κ1) is 6.39. The Bertz CT molecular complexity index is 645. The number of hydrogen-bond acceptors (Lipinski definition) is 0. The summed E-state index contributed by atoms with van der Waals surface area (Å²) < 4.78 is 46.3. The lowest BCUT2D eigenvalue weighted by Gasteiger charge is -2.11. The van der Waals surface area contributed by atoms with Gasteiger partial charge in [-0.3, -0.25) is 0 Å². The van der Waals surface area contributed by atoms with E-state index in [9.17, 15) is 0 Å². The van der Waals surface area contributed by atoms with Gasteiger partial charge >= 0.3 is 0 Å². The van der Waals surface area contributed by atoms with E-state index in [0.29, 0.717) is 17.0 Å². The Morgan fingerprint density at radius 1 is 0.882 bits per heavy atom. The fraction of sp³-hybridized carbons (Fsp3) is 0.294. The summed E-state index contributed by atoms with van der Waals surface area (Å²) in [6, 6.07) is 11.9. The smallest absolute Gasteiger partial charge is 0.0280 e. The Morgan fingerprint density at radius 3 is 1.94 bits per heavy atom. The highest BCUT2D eigenvalue weighted by atomic mass is 14.1. The van der Waals surface area contributed by atoms with E-state index in [-0.39, 0.29) is 11.1 Å². The van der Waals surface area contributed by atoms with Gasteiger partial charge in [0, 0.05) is 8.22 Å². The second-order valence-corrected chi connectivity index (χ2v) is 4.50. The zero-order valence-corrected chi connectivity index (χ0v) is 10.1. The van der Waals surface area contributed by atoms with Crippen molar-refractivity contribution in [3.05, 3.63) is 59.2 Å². The average Bonchev–Trinajstić information content (AvgIpc) is 2.44. The zero-order valence-electron chi connectivity index (χ0n) is 16.1. The molecule has 0 nitrogen and oxygen atoms in total. The van der Waals surface area contributed by atoms with Crippen LogP contribution in [0.15, 0.2) is 42.5 Å². The second-order valence-electron chi connectivity index (χ2n) is 4.50. The topological polar surface area (TPSA) is 0 Å². The van der Waals surface area contributed by atoms with Crippen LogP contribution in [0.3, 0.4) is 0 Å². The van der Waals surface area contributed by atoms with Gasteiger partial charge in [0.25, 0.3) is 0 Å². The van der Waals surface area contributed by atoms with Gasteiger partial charge in [-0.05, 0) is 47.4 Å².